The first-order valence-electron chi connectivity index (χ1n) is 8.28. The molecule has 0 heterocycles. The number of para-hydroxylation sites is 1. The Labute approximate surface area is 162 Å². The van der Waals surface area contributed by atoms with Crippen molar-refractivity contribution < 1.29 is 9.47 Å². The van der Waals surface area contributed by atoms with E-state index in [0.29, 0.717) is 12.0 Å². The van der Waals surface area contributed by atoms with Crippen LogP contribution in [0.2, 0.25) is 0 Å². The number of rotatable bonds is 8. The van der Waals surface area contributed by atoms with Gasteiger partial charge in [-0.2, -0.15) is 0 Å². The van der Waals surface area contributed by atoms with Crippen molar-refractivity contribution in [1.29, 1.82) is 0 Å². The number of nitrogens with one attached hydrogen (secondary N) is 2. The van der Waals surface area contributed by atoms with E-state index in [0.717, 1.165) is 36.8 Å². The maximum Gasteiger partial charge on any atom is 0.191 e. The Morgan fingerprint density at radius 1 is 1.21 bits per heavy atom. The van der Waals surface area contributed by atoms with Crippen molar-refractivity contribution in [2.45, 2.75) is 32.2 Å². The van der Waals surface area contributed by atoms with Crippen LogP contribution in [0, 0.1) is 5.41 Å². The number of methoxy groups -OCH3 is 2. The van der Waals surface area contributed by atoms with Gasteiger partial charge in [-0.3, -0.25) is 4.99 Å². The summed E-state index contributed by atoms with van der Waals surface area (Å²) >= 11 is 0. The number of hydrogen-bond donors (Lipinski definition) is 2. The third kappa shape index (κ3) is 5.81. The first-order chi connectivity index (χ1) is 11.2. The van der Waals surface area contributed by atoms with E-state index >= 15 is 0 Å². The highest BCUT2D eigenvalue weighted by atomic mass is 127. The Hall–Kier alpha value is -1.02. The van der Waals surface area contributed by atoms with Crippen LogP contribution in [-0.4, -0.2) is 40.4 Å². The molecule has 5 nitrogen and oxygen atoms in total. The molecule has 0 unspecified atom stereocenters. The topological polar surface area (TPSA) is 54.9 Å². The van der Waals surface area contributed by atoms with Gasteiger partial charge in [-0.15, -0.1) is 24.0 Å². The standard InChI is InChI=1S/C18H29N3O2.HI/c1-19-17(20-13-15-7-4-5-8-16(15)23-3)21-14-18(9-6-10-18)11-12-22-2;/h4-5,7-8H,6,9-14H2,1-3H3,(H2,19,20,21);1H. The maximum absolute atomic E-state index is 5.38. The summed E-state index contributed by atoms with van der Waals surface area (Å²) in [6.45, 7) is 2.46. The van der Waals surface area contributed by atoms with E-state index in [2.05, 4.69) is 21.7 Å². The normalized spacial score (nSPS) is 15.9. The van der Waals surface area contributed by atoms with Crippen molar-refractivity contribution >= 4 is 29.9 Å². The summed E-state index contributed by atoms with van der Waals surface area (Å²) in [7, 11) is 5.27. The SMILES string of the molecule is CN=C(NCc1ccccc1OC)NCC1(CCOC)CCC1.I. The average Bonchev–Trinajstić information content (AvgIpc) is 2.56. The highest BCUT2D eigenvalue weighted by Gasteiger charge is 2.36. The molecule has 136 valence electrons. The number of nitrogens with zero attached hydrogens (tertiary/aromatic N) is 1. The smallest absolute Gasteiger partial charge is 0.191 e. The second-order valence-corrected chi connectivity index (χ2v) is 6.19. The molecular formula is C18H30IN3O2. The molecule has 0 aliphatic heterocycles. The van der Waals surface area contributed by atoms with Gasteiger partial charge in [0, 0.05) is 39.4 Å². The average molecular weight is 447 g/mol. The largest absolute Gasteiger partial charge is 0.496 e. The Kier molecular flexibility index (Phi) is 9.43. The summed E-state index contributed by atoms with van der Waals surface area (Å²) in [6.07, 6.45) is 4.97. The van der Waals surface area contributed by atoms with Gasteiger partial charge in [0.2, 0.25) is 0 Å². The highest BCUT2D eigenvalue weighted by molar-refractivity contribution is 14.0. The maximum atomic E-state index is 5.38. The van der Waals surface area contributed by atoms with E-state index in [9.17, 15) is 0 Å². The fourth-order valence-corrected chi connectivity index (χ4v) is 3.03. The van der Waals surface area contributed by atoms with Gasteiger partial charge in [0.1, 0.15) is 5.75 Å². The summed E-state index contributed by atoms with van der Waals surface area (Å²) in [5, 5.41) is 6.84. The summed E-state index contributed by atoms with van der Waals surface area (Å²) in [6, 6.07) is 8.03. The lowest BCUT2D eigenvalue weighted by Crippen LogP contribution is -2.46. The number of ether oxygens (including phenoxy) is 2. The summed E-state index contributed by atoms with van der Waals surface area (Å²) < 4.78 is 10.6. The third-order valence-corrected chi connectivity index (χ3v) is 4.74. The number of aliphatic imine (C=N–C) groups is 1. The summed E-state index contributed by atoms with van der Waals surface area (Å²) in [4.78, 5) is 4.32. The van der Waals surface area contributed by atoms with Gasteiger partial charge in [-0.25, -0.2) is 0 Å². The minimum absolute atomic E-state index is 0. The van der Waals surface area contributed by atoms with Crippen LogP contribution >= 0.6 is 24.0 Å². The number of halogens is 1. The van der Waals surface area contributed by atoms with Crippen LogP contribution in [0.15, 0.2) is 29.3 Å². The second kappa shape index (κ2) is 10.8. The molecule has 0 atom stereocenters. The molecule has 6 heteroatoms. The lowest BCUT2D eigenvalue weighted by Gasteiger charge is -2.42. The summed E-state index contributed by atoms with van der Waals surface area (Å²) in [5.41, 5.74) is 1.49. The zero-order valence-corrected chi connectivity index (χ0v) is 17.3. The van der Waals surface area contributed by atoms with Gasteiger partial charge in [0.15, 0.2) is 5.96 Å². The molecule has 0 aromatic heterocycles. The van der Waals surface area contributed by atoms with Gasteiger partial charge in [0.25, 0.3) is 0 Å². The lowest BCUT2D eigenvalue weighted by molar-refractivity contribution is 0.0732. The van der Waals surface area contributed by atoms with E-state index in [4.69, 9.17) is 9.47 Å². The van der Waals surface area contributed by atoms with Crippen molar-refractivity contribution in [1.82, 2.24) is 10.6 Å². The van der Waals surface area contributed by atoms with Crippen molar-refractivity contribution in [2.75, 3.05) is 34.4 Å². The first kappa shape index (κ1) is 21.0. The molecule has 1 fully saturated rings. The minimum Gasteiger partial charge on any atom is -0.496 e. The van der Waals surface area contributed by atoms with E-state index in [-0.39, 0.29) is 24.0 Å². The quantitative estimate of drug-likeness (QED) is 0.365. The zero-order chi connectivity index (χ0) is 16.5. The molecule has 2 rings (SSSR count). The first-order valence-corrected chi connectivity index (χ1v) is 8.28. The molecule has 0 bridgehead atoms. The molecule has 2 N–H and O–H groups in total. The van der Waals surface area contributed by atoms with Crippen LogP contribution in [0.5, 0.6) is 5.75 Å². The van der Waals surface area contributed by atoms with Crippen molar-refractivity contribution in [3.05, 3.63) is 29.8 Å². The minimum atomic E-state index is 0. The van der Waals surface area contributed by atoms with Crippen LogP contribution in [0.3, 0.4) is 0 Å². The van der Waals surface area contributed by atoms with Crippen molar-refractivity contribution in [3.8, 4) is 5.75 Å². The van der Waals surface area contributed by atoms with Crippen molar-refractivity contribution in [2.24, 2.45) is 10.4 Å². The lowest BCUT2D eigenvalue weighted by atomic mass is 9.67. The fraction of sp³-hybridized carbons (Fsp3) is 0.611. The molecule has 0 spiro atoms. The van der Waals surface area contributed by atoms with Crippen LogP contribution in [0.25, 0.3) is 0 Å². The number of benzene rings is 1. The molecule has 24 heavy (non-hydrogen) atoms. The molecule has 1 saturated carbocycles. The van der Waals surface area contributed by atoms with Crippen LogP contribution in [0.4, 0.5) is 0 Å². The predicted octanol–water partition coefficient (Wildman–Crippen LogP) is 3.19. The van der Waals surface area contributed by atoms with Gasteiger partial charge >= 0.3 is 0 Å². The van der Waals surface area contributed by atoms with Crippen molar-refractivity contribution in [3.63, 3.8) is 0 Å². The van der Waals surface area contributed by atoms with E-state index in [1.165, 1.54) is 19.3 Å². The zero-order valence-electron chi connectivity index (χ0n) is 14.9. The number of hydrogen-bond acceptors (Lipinski definition) is 3. The Bertz CT molecular complexity index is 519. The monoisotopic (exact) mass is 447 g/mol. The molecule has 1 aliphatic rings. The van der Waals surface area contributed by atoms with Crippen LogP contribution < -0.4 is 15.4 Å². The van der Waals surface area contributed by atoms with Crippen LogP contribution in [-0.2, 0) is 11.3 Å². The van der Waals surface area contributed by atoms with E-state index < -0.39 is 0 Å². The van der Waals surface area contributed by atoms with Gasteiger partial charge in [-0.05, 0) is 30.7 Å². The third-order valence-electron chi connectivity index (χ3n) is 4.74. The van der Waals surface area contributed by atoms with Crippen LogP contribution in [0.1, 0.15) is 31.2 Å². The van der Waals surface area contributed by atoms with E-state index in [1.54, 1.807) is 21.3 Å². The molecular weight excluding hydrogens is 417 g/mol. The van der Waals surface area contributed by atoms with Gasteiger partial charge < -0.3 is 20.1 Å². The predicted molar refractivity (Wildman–Crippen MR) is 109 cm³/mol. The fourth-order valence-electron chi connectivity index (χ4n) is 3.03. The summed E-state index contributed by atoms with van der Waals surface area (Å²) in [5.74, 6) is 1.73. The van der Waals surface area contributed by atoms with Gasteiger partial charge in [0.05, 0.1) is 7.11 Å². The molecule has 1 aromatic carbocycles. The van der Waals surface area contributed by atoms with Gasteiger partial charge in [-0.1, -0.05) is 24.6 Å². The molecule has 1 aromatic rings. The molecule has 0 amide bonds. The Morgan fingerprint density at radius 2 is 1.96 bits per heavy atom. The number of guanidine groups is 1. The Morgan fingerprint density at radius 3 is 2.54 bits per heavy atom. The highest BCUT2D eigenvalue weighted by Crippen LogP contribution is 2.43. The molecule has 0 radical (unpaired) electrons. The van der Waals surface area contributed by atoms with E-state index in [1.807, 2.05) is 18.2 Å². The second-order valence-electron chi connectivity index (χ2n) is 6.19. The Balaban J connectivity index is 0.00000288. The molecule has 1 aliphatic carbocycles. The molecule has 0 saturated heterocycles.